The van der Waals surface area contributed by atoms with Crippen LogP contribution in [0.15, 0.2) is 18.9 Å². The Kier molecular flexibility index (Phi) is 2.56. The van der Waals surface area contributed by atoms with Crippen molar-refractivity contribution in [2.24, 2.45) is 7.05 Å². The monoisotopic (exact) mass is 291 g/mol. The molecule has 0 aliphatic carbocycles. The van der Waals surface area contributed by atoms with E-state index in [1.165, 1.54) is 6.33 Å². The van der Waals surface area contributed by atoms with Crippen LogP contribution in [0.25, 0.3) is 33.8 Å². The highest BCUT2D eigenvalue weighted by atomic mass is 15.1. The Bertz CT molecular complexity index is 1040. The van der Waals surface area contributed by atoms with Crippen molar-refractivity contribution in [3.8, 4) is 17.6 Å². The van der Waals surface area contributed by atoms with Gasteiger partial charge in [-0.25, -0.2) is 29.9 Å². The molecule has 0 amide bonds. The zero-order chi connectivity index (χ0) is 15.1. The summed E-state index contributed by atoms with van der Waals surface area (Å²) in [5, 5.41) is 8.85. The van der Waals surface area contributed by atoms with Gasteiger partial charge in [0.2, 0.25) is 0 Å². The zero-order valence-electron chi connectivity index (χ0n) is 11.5. The lowest BCUT2D eigenvalue weighted by molar-refractivity contribution is 0.944. The van der Waals surface area contributed by atoms with E-state index in [0.29, 0.717) is 34.2 Å². The first kappa shape index (κ1) is 12.3. The van der Waals surface area contributed by atoms with E-state index in [2.05, 4.69) is 34.9 Å². The summed E-state index contributed by atoms with van der Waals surface area (Å²) in [6, 6.07) is 2.03. The van der Waals surface area contributed by atoms with Crippen molar-refractivity contribution in [1.82, 2.24) is 39.5 Å². The quantitative estimate of drug-likeness (QED) is 0.578. The topological polar surface area (TPSA) is 122 Å². The number of H-pyrrole nitrogens is 1. The second-order valence-electron chi connectivity index (χ2n) is 4.68. The number of nitrogens with zero attached hydrogens (tertiary/aromatic N) is 8. The van der Waals surface area contributed by atoms with Crippen LogP contribution in [0.2, 0.25) is 0 Å². The molecule has 0 bridgehead atoms. The van der Waals surface area contributed by atoms with Gasteiger partial charge in [-0.3, -0.25) is 0 Å². The number of aromatic amines is 1. The van der Waals surface area contributed by atoms with E-state index in [4.69, 9.17) is 5.26 Å². The molecule has 4 heterocycles. The van der Waals surface area contributed by atoms with Crippen LogP contribution >= 0.6 is 0 Å². The smallest absolute Gasteiger partial charge is 0.182 e. The molecule has 0 aromatic carbocycles. The summed E-state index contributed by atoms with van der Waals surface area (Å²) in [6.07, 6.45) is 4.99. The van der Waals surface area contributed by atoms with Crippen LogP contribution in [0, 0.1) is 11.3 Å². The van der Waals surface area contributed by atoms with E-state index in [-0.39, 0.29) is 6.42 Å². The molecule has 4 aromatic rings. The Labute approximate surface area is 123 Å². The lowest BCUT2D eigenvalue weighted by atomic mass is 10.3. The number of nitriles is 1. The summed E-state index contributed by atoms with van der Waals surface area (Å²) in [5.74, 6) is 0.809. The van der Waals surface area contributed by atoms with E-state index in [0.717, 1.165) is 5.52 Å². The van der Waals surface area contributed by atoms with E-state index in [1.54, 1.807) is 12.5 Å². The minimum Gasteiger partial charge on any atom is -0.341 e. The molecule has 9 heteroatoms. The molecule has 0 radical (unpaired) electrons. The third-order valence-electron chi connectivity index (χ3n) is 3.26. The number of imidazole rings is 2. The van der Waals surface area contributed by atoms with Crippen molar-refractivity contribution in [2.45, 2.75) is 6.42 Å². The summed E-state index contributed by atoms with van der Waals surface area (Å²) < 4.78 is 1.84. The van der Waals surface area contributed by atoms with Crippen molar-refractivity contribution in [3.63, 3.8) is 0 Å². The van der Waals surface area contributed by atoms with Crippen LogP contribution < -0.4 is 0 Å². The van der Waals surface area contributed by atoms with E-state index in [9.17, 15) is 0 Å². The van der Waals surface area contributed by atoms with Crippen molar-refractivity contribution >= 4 is 22.3 Å². The molecule has 0 atom stereocenters. The Morgan fingerprint density at radius 2 is 2.09 bits per heavy atom. The molecule has 0 aliphatic heterocycles. The second kappa shape index (κ2) is 4.56. The van der Waals surface area contributed by atoms with E-state index >= 15 is 0 Å². The van der Waals surface area contributed by atoms with Crippen molar-refractivity contribution in [1.29, 1.82) is 5.26 Å². The SMILES string of the molecule is Cn1cnc2nc(-c3nc(CC#N)nc4nc[nH]c34)ncc21. The fraction of sp³-hybridized carbons (Fsp3) is 0.154. The van der Waals surface area contributed by atoms with Gasteiger partial charge in [-0.05, 0) is 0 Å². The standard InChI is InChI=1S/C13H9N9/c1-22-6-18-11-7(22)4-15-13(21-11)10-9-12(17-5-16-9)20-8(19-10)2-3-14/h4-6H,2H2,1H3,(H,16,17,19,20). The zero-order valence-corrected chi connectivity index (χ0v) is 11.5. The Balaban J connectivity index is 1.97. The number of nitrogens with one attached hydrogen (secondary N) is 1. The van der Waals surface area contributed by atoms with Gasteiger partial charge >= 0.3 is 0 Å². The summed E-state index contributed by atoms with van der Waals surface area (Å²) in [5.41, 5.74) is 3.05. The Morgan fingerprint density at radius 1 is 1.18 bits per heavy atom. The van der Waals surface area contributed by atoms with Gasteiger partial charge in [0.15, 0.2) is 17.1 Å². The largest absolute Gasteiger partial charge is 0.341 e. The van der Waals surface area contributed by atoms with Gasteiger partial charge in [-0.1, -0.05) is 0 Å². The van der Waals surface area contributed by atoms with Gasteiger partial charge in [0, 0.05) is 7.05 Å². The number of fused-ring (bicyclic) bond motifs is 2. The molecular formula is C13H9N9. The molecule has 4 rings (SSSR count). The molecule has 1 N–H and O–H groups in total. The Hall–Kier alpha value is -3.41. The average molecular weight is 291 g/mol. The first-order valence-corrected chi connectivity index (χ1v) is 6.47. The minimum absolute atomic E-state index is 0.0988. The van der Waals surface area contributed by atoms with Crippen LogP contribution in [0.5, 0.6) is 0 Å². The number of rotatable bonds is 2. The third-order valence-corrected chi connectivity index (χ3v) is 3.26. The number of hydrogen-bond acceptors (Lipinski definition) is 7. The number of aromatic nitrogens is 8. The molecule has 4 aromatic heterocycles. The molecule has 0 fully saturated rings. The van der Waals surface area contributed by atoms with Gasteiger partial charge in [0.1, 0.15) is 22.6 Å². The van der Waals surface area contributed by atoms with Gasteiger partial charge < -0.3 is 9.55 Å². The first-order valence-electron chi connectivity index (χ1n) is 6.47. The maximum Gasteiger partial charge on any atom is 0.182 e. The van der Waals surface area contributed by atoms with Crippen LogP contribution in [0.4, 0.5) is 0 Å². The molecule has 0 aliphatic rings. The molecule has 106 valence electrons. The third kappa shape index (κ3) is 1.78. The maximum atomic E-state index is 8.85. The highest BCUT2D eigenvalue weighted by molar-refractivity contribution is 5.85. The predicted octanol–water partition coefficient (Wildman–Crippen LogP) is 0.763. The summed E-state index contributed by atoms with van der Waals surface area (Å²) in [6.45, 7) is 0. The highest BCUT2D eigenvalue weighted by Gasteiger charge is 2.15. The predicted molar refractivity (Wildman–Crippen MR) is 76.3 cm³/mol. The summed E-state index contributed by atoms with van der Waals surface area (Å²) in [4.78, 5) is 28.7. The maximum absolute atomic E-state index is 8.85. The van der Waals surface area contributed by atoms with Crippen molar-refractivity contribution in [2.75, 3.05) is 0 Å². The fourth-order valence-corrected chi connectivity index (χ4v) is 2.22. The fourth-order valence-electron chi connectivity index (χ4n) is 2.22. The molecule has 22 heavy (non-hydrogen) atoms. The van der Waals surface area contributed by atoms with Crippen molar-refractivity contribution < 1.29 is 0 Å². The first-order chi connectivity index (χ1) is 10.8. The van der Waals surface area contributed by atoms with Gasteiger partial charge in [0.25, 0.3) is 0 Å². The van der Waals surface area contributed by atoms with Crippen LogP contribution in [-0.4, -0.2) is 39.5 Å². The summed E-state index contributed by atoms with van der Waals surface area (Å²) >= 11 is 0. The number of aryl methyl sites for hydroxylation is 1. The molecule has 0 saturated carbocycles. The van der Waals surface area contributed by atoms with E-state index in [1.807, 2.05) is 17.7 Å². The van der Waals surface area contributed by atoms with Crippen LogP contribution in [0.3, 0.4) is 0 Å². The molecule has 0 saturated heterocycles. The molecule has 0 spiro atoms. The lowest BCUT2D eigenvalue weighted by Crippen LogP contribution is -2.00. The van der Waals surface area contributed by atoms with Gasteiger partial charge in [-0.2, -0.15) is 5.26 Å². The normalized spacial score (nSPS) is 11.1. The minimum atomic E-state index is 0.0988. The van der Waals surface area contributed by atoms with Gasteiger partial charge in [0.05, 0.1) is 31.3 Å². The summed E-state index contributed by atoms with van der Waals surface area (Å²) in [7, 11) is 1.88. The lowest BCUT2D eigenvalue weighted by Gasteiger charge is -2.03. The average Bonchev–Trinajstić information content (AvgIpc) is 3.13. The van der Waals surface area contributed by atoms with Gasteiger partial charge in [-0.15, -0.1) is 0 Å². The number of hydrogen-bond donors (Lipinski definition) is 1. The van der Waals surface area contributed by atoms with Crippen molar-refractivity contribution in [3.05, 3.63) is 24.7 Å². The van der Waals surface area contributed by atoms with Crippen LogP contribution in [-0.2, 0) is 13.5 Å². The second-order valence-corrected chi connectivity index (χ2v) is 4.68. The molecule has 0 unspecified atom stereocenters. The molecule has 9 nitrogen and oxygen atoms in total. The van der Waals surface area contributed by atoms with Crippen LogP contribution in [0.1, 0.15) is 5.82 Å². The Morgan fingerprint density at radius 3 is 2.95 bits per heavy atom. The molecular weight excluding hydrogens is 282 g/mol. The van der Waals surface area contributed by atoms with E-state index < -0.39 is 0 Å². The highest BCUT2D eigenvalue weighted by Crippen LogP contribution is 2.22.